The summed E-state index contributed by atoms with van der Waals surface area (Å²) in [4.78, 5) is 46.0. The van der Waals surface area contributed by atoms with Gasteiger partial charge in [0.25, 0.3) is 0 Å². The summed E-state index contributed by atoms with van der Waals surface area (Å²) < 4.78 is 19.7. The van der Waals surface area contributed by atoms with Crippen LogP contribution in [0.2, 0.25) is 0 Å². The molecule has 1 fully saturated rings. The number of hydrogen-bond donors (Lipinski definition) is 1. The second kappa shape index (κ2) is 15.3. The van der Waals surface area contributed by atoms with Crippen molar-refractivity contribution in [1.29, 1.82) is 0 Å². The zero-order valence-corrected chi connectivity index (χ0v) is 34.7. The summed E-state index contributed by atoms with van der Waals surface area (Å²) in [6, 6.07) is 21.1. The van der Waals surface area contributed by atoms with E-state index in [1.807, 2.05) is 66.1 Å². The van der Waals surface area contributed by atoms with Crippen LogP contribution in [-0.2, 0) is 19.9 Å². The normalized spacial score (nSPS) is 20.1. The Morgan fingerprint density at radius 1 is 0.810 bits per heavy atom. The number of carbonyl (C=O) groups is 3. The Balaban J connectivity index is 1.08. The molecule has 2 atom stereocenters. The first-order valence-electron chi connectivity index (χ1n) is 21.0. The maximum Gasteiger partial charge on any atom is 0.340 e. The topological polar surface area (TPSA) is 109 Å². The van der Waals surface area contributed by atoms with Gasteiger partial charge >= 0.3 is 5.97 Å². The standard InChI is InChI=1S/C48H55N3O7/c1-7-8-9-15-43(52)49-20-22-50(23-21-49)44(53)16-12-19-51-40-28-42-39(27-36(40)32(4)29-47(51,5)6)48(37-14-11-10-13-35(37)46(55)58-48)38-18-17-33(26-41(38)57-42)56-34-24-30(2)45(54)31(3)25-34/h10-11,13-14,17-18,24-28,32,54H,7-9,12,15-16,19-23,29H2,1-6H3. The van der Waals surface area contributed by atoms with Crippen molar-refractivity contribution in [3.05, 3.63) is 106 Å². The molecule has 1 N–H and O–H groups in total. The number of aryl methyl sites for hydroxylation is 2. The smallest absolute Gasteiger partial charge is 0.340 e. The van der Waals surface area contributed by atoms with E-state index in [1.54, 1.807) is 12.1 Å². The summed E-state index contributed by atoms with van der Waals surface area (Å²) in [5.74, 6) is 2.63. The molecular weight excluding hydrogens is 731 g/mol. The lowest BCUT2D eigenvalue weighted by molar-refractivity contribution is -0.139. The molecule has 2 unspecified atom stereocenters. The van der Waals surface area contributed by atoms with E-state index in [0.717, 1.165) is 48.1 Å². The third-order valence-electron chi connectivity index (χ3n) is 12.6. The molecule has 0 aliphatic carbocycles. The molecule has 1 spiro atoms. The SMILES string of the molecule is CCCCCC(=O)N1CCN(C(=O)CCCN2c3cc4c(cc3C(C)CC2(C)C)C2(OC(=O)c3ccccc32)c2ccc(Oc3cc(C)c(O)c(C)c3)cc2O4)CC1. The molecule has 4 heterocycles. The summed E-state index contributed by atoms with van der Waals surface area (Å²) in [6.45, 7) is 15.6. The second-order valence-electron chi connectivity index (χ2n) is 17.2. The predicted molar refractivity (Wildman–Crippen MR) is 223 cm³/mol. The van der Waals surface area contributed by atoms with Crippen LogP contribution in [0.1, 0.15) is 122 Å². The molecule has 304 valence electrons. The van der Waals surface area contributed by atoms with Crippen molar-refractivity contribution in [3.8, 4) is 28.7 Å². The number of carbonyl (C=O) groups excluding carboxylic acids is 3. The number of rotatable bonds is 10. The van der Waals surface area contributed by atoms with E-state index in [9.17, 15) is 19.5 Å². The molecule has 4 aromatic carbocycles. The highest BCUT2D eigenvalue weighted by molar-refractivity contribution is 5.97. The van der Waals surface area contributed by atoms with E-state index in [0.29, 0.717) is 97.2 Å². The molecule has 1 saturated heterocycles. The molecule has 2 amide bonds. The molecule has 8 rings (SSSR count). The van der Waals surface area contributed by atoms with Gasteiger partial charge in [-0.15, -0.1) is 0 Å². The number of phenolic OH excluding ortho intramolecular Hbond substituents is 1. The number of fused-ring (bicyclic) bond motifs is 7. The zero-order valence-electron chi connectivity index (χ0n) is 34.7. The summed E-state index contributed by atoms with van der Waals surface area (Å²) in [5.41, 5.74) is 4.97. The fraction of sp³-hybridized carbons (Fsp3) is 0.438. The van der Waals surface area contributed by atoms with E-state index in [4.69, 9.17) is 14.2 Å². The average molecular weight is 786 g/mol. The lowest BCUT2D eigenvalue weighted by Gasteiger charge is -2.49. The molecule has 0 aromatic heterocycles. The van der Waals surface area contributed by atoms with Crippen molar-refractivity contribution in [1.82, 2.24) is 9.80 Å². The van der Waals surface area contributed by atoms with Crippen LogP contribution in [0.25, 0.3) is 0 Å². The number of benzene rings is 4. The molecule has 10 heteroatoms. The van der Waals surface area contributed by atoms with Crippen LogP contribution in [-0.4, -0.2) is 71.0 Å². The Kier molecular flexibility index (Phi) is 10.4. The number of phenols is 1. The second-order valence-corrected chi connectivity index (χ2v) is 17.2. The number of esters is 1. The van der Waals surface area contributed by atoms with E-state index in [-0.39, 0.29) is 35.0 Å². The van der Waals surface area contributed by atoms with Crippen LogP contribution in [0.5, 0.6) is 28.7 Å². The monoisotopic (exact) mass is 785 g/mol. The van der Waals surface area contributed by atoms with Gasteiger partial charge in [-0.3, -0.25) is 9.59 Å². The van der Waals surface area contributed by atoms with Gasteiger partial charge in [0.15, 0.2) is 5.60 Å². The number of nitrogens with zero attached hydrogens (tertiary/aromatic N) is 3. The van der Waals surface area contributed by atoms with Gasteiger partial charge in [0.2, 0.25) is 11.8 Å². The third kappa shape index (κ3) is 6.94. The van der Waals surface area contributed by atoms with Crippen molar-refractivity contribution in [2.45, 2.75) is 104 Å². The van der Waals surface area contributed by atoms with Crippen molar-refractivity contribution < 1.29 is 33.7 Å². The maximum atomic E-state index is 13.7. The molecule has 0 bridgehead atoms. The highest BCUT2D eigenvalue weighted by Crippen LogP contribution is 2.59. The van der Waals surface area contributed by atoms with Gasteiger partial charge in [0.05, 0.1) is 5.56 Å². The Morgan fingerprint density at radius 3 is 2.16 bits per heavy atom. The summed E-state index contributed by atoms with van der Waals surface area (Å²) in [6.07, 6.45) is 5.67. The van der Waals surface area contributed by atoms with E-state index in [1.165, 1.54) is 0 Å². The number of anilines is 1. The first-order valence-corrected chi connectivity index (χ1v) is 21.0. The van der Waals surface area contributed by atoms with Crippen LogP contribution >= 0.6 is 0 Å². The molecular formula is C48H55N3O7. The average Bonchev–Trinajstić information content (AvgIpc) is 3.49. The number of piperazine rings is 1. The van der Waals surface area contributed by atoms with Crippen LogP contribution < -0.4 is 14.4 Å². The van der Waals surface area contributed by atoms with Gasteiger partial charge in [0, 0.05) is 85.6 Å². The van der Waals surface area contributed by atoms with E-state index >= 15 is 0 Å². The number of ether oxygens (including phenoxy) is 3. The lowest BCUT2D eigenvalue weighted by atomic mass is 9.74. The van der Waals surface area contributed by atoms with Gasteiger partial charge in [0.1, 0.15) is 28.7 Å². The first kappa shape index (κ1) is 39.3. The van der Waals surface area contributed by atoms with E-state index in [2.05, 4.69) is 44.7 Å². The lowest BCUT2D eigenvalue weighted by Crippen LogP contribution is -2.51. The highest BCUT2D eigenvalue weighted by Gasteiger charge is 2.54. The van der Waals surface area contributed by atoms with Gasteiger partial charge in [-0.05, 0) is 106 Å². The molecule has 58 heavy (non-hydrogen) atoms. The summed E-state index contributed by atoms with van der Waals surface area (Å²) >= 11 is 0. The molecule has 0 saturated carbocycles. The fourth-order valence-electron chi connectivity index (χ4n) is 9.66. The van der Waals surface area contributed by atoms with Crippen LogP contribution in [0, 0.1) is 13.8 Å². The Hall–Kier alpha value is -5.51. The number of aromatic hydroxyl groups is 1. The number of hydrogen-bond acceptors (Lipinski definition) is 8. The van der Waals surface area contributed by atoms with Crippen LogP contribution in [0.4, 0.5) is 5.69 Å². The van der Waals surface area contributed by atoms with Crippen molar-refractivity contribution in [2.75, 3.05) is 37.6 Å². The van der Waals surface area contributed by atoms with Gasteiger partial charge in [-0.2, -0.15) is 0 Å². The minimum atomic E-state index is -1.23. The third-order valence-corrected chi connectivity index (χ3v) is 12.6. The molecule has 4 aliphatic heterocycles. The van der Waals surface area contributed by atoms with Crippen molar-refractivity contribution in [3.63, 3.8) is 0 Å². The van der Waals surface area contributed by atoms with Crippen LogP contribution in [0.15, 0.2) is 66.7 Å². The van der Waals surface area contributed by atoms with Crippen molar-refractivity contribution in [2.24, 2.45) is 0 Å². The van der Waals surface area contributed by atoms with E-state index < -0.39 is 5.60 Å². The zero-order chi connectivity index (χ0) is 40.9. The predicted octanol–water partition coefficient (Wildman–Crippen LogP) is 9.49. The molecule has 0 radical (unpaired) electrons. The minimum Gasteiger partial charge on any atom is -0.507 e. The summed E-state index contributed by atoms with van der Waals surface area (Å²) in [5, 5.41) is 10.3. The van der Waals surface area contributed by atoms with Crippen LogP contribution in [0.3, 0.4) is 0 Å². The van der Waals surface area contributed by atoms with Crippen molar-refractivity contribution >= 4 is 23.5 Å². The van der Waals surface area contributed by atoms with Gasteiger partial charge in [-0.1, -0.05) is 44.9 Å². The number of unbranched alkanes of at least 4 members (excludes halogenated alkanes) is 2. The maximum absolute atomic E-state index is 13.7. The fourth-order valence-corrected chi connectivity index (χ4v) is 9.66. The Bertz CT molecular complexity index is 2250. The quantitative estimate of drug-likeness (QED) is 0.125. The summed E-state index contributed by atoms with van der Waals surface area (Å²) in [7, 11) is 0. The minimum absolute atomic E-state index is 0.131. The Morgan fingerprint density at radius 2 is 1.47 bits per heavy atom. The number of amides is 2. The highest BCUT2D eigenvalue weighted by atomic mass is 16.6. The molecule has 10 nitrogen and oxygen atoms in total. The molecule has 4 aromatic rings. The van der Waals surface area contributed by atoms with Gasteiger partial charge < -0.3 is 34.0 Å². The first-order chi connectivity index (χ1) is 27.8. The largest absolute Gasteiger partial charge is 0.507 e. The molecule has 4 aliphatic rings. The Labute approximate surface area is 341 Å². The van der Waals surface area contributed by atoms with Gasteiger partial charge in [-0.25, -0.2) is 4.79 Å².